The molecule has 0 fully saturated rings. The molecule has 37 heavy (non-hydrogen) atoms. The first-order valence-corrected chi connectivity index (χ1v) is 12.1. The van der Waals surface area contributed by atoms with Crippen LogP contribution >= 0.6 is 0 Å². The molecule has 4 aromatic rings. The molecule has 1 heterocycles. The summed E-state index contributed by atoms with van der Waals surface area (Å²) in [4.78, 5) is 29.0. The summed E-state index contributed by atoms with van der Waals surface area (Å²) in [5, 5.41) is 6.70. The summed E-state index contributed by atoms with van der Waals surface area (Å²) in [6.07, 6.45) is 2.12. The fraction of sp³-hybridized carbons (Fsp3) is 0.241. The number of aromatic amines is 1. The molecule has 0 unspecified atom stereocenters. The van der Waals surface area contributed by atoms with E-state index in [1.807, 2.05) is 79.0 Å². The van der Waals surface area contributed by atoms with E-state index in [4.69, 9.17) is 14.2 Å². The van der Waals surface area contributed by atoms with E-state index in [9.17, 15) is 9.59 Å². The van der Waals surface area contributed by atoms with Crippen molar-refractivity contribution in [1.29, 1.82) is 0 Å². The third kappa shape index (κ3) is 6.82. The Morgan fingerprint density at radius 2 is 1.65 bits per heavy atom. The lowest BCUT2D eigenvalue weighted by molar-refractivity contribution is -0.123. The van der Waals surface area contributed by atoms with E-state index in [1.54, 1.807) is 14.2 Å². The predicted molar refractivity (Wildman–Crippen MR) is 142 cm³/mol. The average Bonchev–Trinajstić information content (AvgIpc) is 3.34. The quantitative estimate of drug-likeness (QED) is 0.283. The Hall–Kier alpha value is -4.46. The maximum Gasteiger partial charge on any atom is 0.408 e. The standard InChI is InChI=1S/C29H31N3O5/c1-35-26-13-12-20(16-27(26)36-2)14-15-30-28(33)25(17-22-18-31-24-11-7-6-10-23(22)24)32-29(34)37-19-21-8-4-3-5-9-21/h3-13,16,18,25,31H,14-15,17,19H2,1-2H3,(H,30,33)(H,32,34)/t25-/m0/s1. The van der Waals surface area contributed by atoms with Gasteiger partial charge in [0.15, 0.2) is 11.5 Å². The SMILES string of the molecule is COc1ccc(CCNC(=O)[C@H](Cc2c[nH]c3ccccc23)NC(=O)OCc2ccccc2)cc1OC. The molecule has 0 saturated heterocycles. The van der Waals surface area contributed by atoms with Crippen molar-refractivity contribution in [2.45, 2.75) is 25.5 Å². The molecule has 1 atom stereocenters. The smallest absolute Gasteiger partial charge is 0.408 e. The van der Waals surface area contributed by atoms with Crippen LogP contribution in [0.15, 0.2) is 79.0 Å². The molecule has 1 aromatic heterocycles. The summed E-state index contributed by atoms with van der Waals surface area (Å²) in [5.41, 5.74) is 3.75. The minimum atomic E-state index is -0.812. The van der Waals surface area contributed by atoms with Gasteiger partial charge in [0.05, 0.1) is 14.2 Å². The van der Waals surface area contributed by atoms with E-state index in [-0.39, 0.29) is 12.5 Å². The molecular weight excluding hydrogens is 470 g/mol. The van der Waals surface area contributed by atoms with Crippen molar-refractivity contribution in [3.8, 4) is 11.5 Å². The van der Waals surface area contributed by atoms with Crippen molar-refractivity contribution in [3.63, 3.8) is 0 Å². The summed E-state index contributed by atoms with van der Waals surface area (Å²) >= 11 is 0. The summed E-state index contributed by atoms with van der Waals surface area (Å²) in [6, 6.07) is 22.1. The molecule has 4 rings (SSSR count). The Labute approximate surface area is 215 Å². The normalized spacial score (nSPS) is 11.5. The fourth-order valence-corrected chi connectivity index (χ4v) is 4.13. The summed E-state index contributed by atoms with van der Waals surface area (Å²) < 4.78 is 16.0. The number of hydrogen-bond donors (Lipinski definition) is 3. The van der Waals surface area contributed by atoms with Gasteiger partial charge in [-0.05, 0) is 41.3 Å². The van der Waals surface area contributed by atoms with Gasteiger partial charge in [0.1, 0.15) is 12.6 Å². The molecule has 0 aliphatic rings. The number of carbonyl (C=O) groups excluding carboxylic acids is 2. The van der Waals surface area contributed by atoms with Gasteiger partial charge in [-0.2, -0.15) is 0 Å². The molecule has 0 spiro atoms. The zero-order chi connectivity index (χ0) is 26.0. The lowest BCUT2D eigenvalue weighted by atomic mass is 10.0. The lowest BCUT2D eigenvalue weighted by Gasteiger charge is -2.18. The van der Waals surface area contributed by atoms with Crippen molar-refractivity contribution in [2.24, 2.45) is 0 Å². The van der Waals surface area contributed by atoms with Crippen LogP contribution in [0.2, 0.25) is 0 Å². The molecule has 0 bridgehead atoms. The molecule has 3 aromatic carbocycles. The van der Waals surface area contributed by atoms with Gasteiger partial charge >= 0.3 is 6.09 Å². The Bertz CT molecular complexity index is 1340. The van der Waals surface area contributed by atoms with Crippen LogP contribution in [0.5, 0.6) is 11.5 Å². The predicted octanol–water partition coefficient (Wildman–Crippen LogP) is 4.38. The Kier molecular flexibility index (Phi) is 8.65. The van der Waals surface area contributed by atoms with Gasteiger partial charge in [0.2, 0.25) is 5.91 Å². The highest BCUT2D eigenvalue weighted by Crippen LogP contribution is 2.27. The van der Waals surface area contributed by atoms with Crippen LogP contribution in [-0.2, 0) is 29.0 Å². The number of amides is 2. The molecule has 3 N–H and O–H groups in total. The first kappa shape index (κ1) is 25.6. The Balaban J connectivity index is 1.41. The van der Waals surface area contributed by atoms with Crippen LogP contribution in [0.4, 0.5) is 4.79 Å². The largest absolute Gasteiger partial charge is 0.493 e. The summed E-state index contributed by atoms with van der Waals surface area (Å²) in [6.45, 7) is 0.507. The van der Waals surface area contributed by atoms with E-state index >= 15 is 0 Å². The van der Waals surface area contributed by atoms with Gasteiger partial charge in [-0.3, -0.25) is 4.79 Å². The van der Waals surface area contributed by atoms with E-state index in [1.165, 1.54) is 0 Å². The van der Waals surface area contributed by atoms with Gasteiger partial charge < -0.3 is 29.8 Å². The fourth-order valence-electron chi connectivity index (χ4n) is 4.13. The number of alkyl carbamates (subject to hydrolysis) is 1. The monoisotopic (exact) mass is 501 g/mol. The second-order valence-corrected chi connectivity index (χ2v) is 8.55. The van der Waals surface area contributed by atoms with Crippen molar-refractivity contribution in [1.82, 2.24) is 15.6 Å². The molecular formula is C29H31N3O5. The highest BCUT2D eigenvalue weighted by molar-refractivity contribution is 5.88. The average molecular weight is 502 g/mol. The lowest BCUT2D eigenvalue weighted by Crippen LogP contribution is -2.48. The third-order valence-corrected chi connectivity index (χ3v) is 6.08. The number of nitrogens with one attached hydrogen (secondary N) is 3. The first-order valence-electron chi connectivity index (χ1n) is 12.1. The van der Waals surface area contributed by atoms with E-state index in [0.717, 1.165) is 27.6 Å². The van der Waals surface area contributed by atoms with E-state index in [2.05, 4.69) is 15.6 Å². The number of H-pyrrole nitrogens is 1. The van der Waals surface area contributed by atoms with Crippen molar-refractivity contribution < 1.29 is 23.8 Å². The highest BCUT2D eigenvalue weighted by atomic mass is 16.5. The molecule has 8 nitrogen and oxygen atoms in total. The molecule has 0 aliphatic heterocycles. The molecule has 0 saturated carbocycles. The molecule has 0 aliphatic carbocycles. The minimum absolute atomic E-state index is 0.118. The maximum absolute atomic E-state index is 13.2. The van der Waals surface area contributed by atoms with Crippen molar-refractivity contribution >= 4 is 22.9 Å². The summed E-state index contributed by atoms with van der Waals surface area (Å²) in [7, 11) is 3.17. The maximum atomic E-state index is 13.2. The number of carbonyl (C=O) groups is 2. The van der Waals surface area contributed by atoms with Gasteiger partial charge in [0, 0.05) is 30.1 Å². The number of methoxy groups -OCH3 is 2. The zero-order valence-corrected chi connectivity index (χ0v) is 21.0. The number of fused-ring (bicyclic) bond motifs is 1. The molecule has 192 valence electrons. The molecule has 2 amide bonds. The van der Waals surface area contributed by atoms with Gasteiger partial charge in [-0.1, -0.05) is 54.6 Å². The number of benzene rings is 3. The molecule has 0 radical (unpaired) electrons. The zero-order valence-electron chi connectivity index (χ0n) is 21.0. The van der Waals surface area contributed by atoms with Gasteiger partial charge in [0.25, 0.3) is 0 Å². The number of aromatic nitrogens is 1. The Morgan fingerprint density at radius 1 is 0.892 bits per heavy atom. The van der Waals surface area contributed by atoms with E-state index in [0.29, 0.717) is 30.9 Å². The number of ether oxygens (including phenoxy) is 3. The number of hydrogen-bond acceptors (Lipinski definition) is 5. The van der Waals surface area contributed by atoms with Crippen molar-refractivity contribution in [2.75, 3.05) is 20.8 Å². The number of rotatable bonds is 11. The van der Waals surface area contributed by atoms with Gasteiger partial charge in [-0.25, -0.2) is 4.79 Å². The van der Waals surface area contributed by atoms with Crippen LogP contribution in [0.25, 0.3) is 10.9 Å². The topological polar surface area (TPSA) is 102 Å². The van der Waals surface area contributed by atoms with Crippen molar-refractivity contribution in [3.05, 3.63) is 95.7 Å². The third-order valence-electron chi connectivity index (χ3n) is 6.08. The second-order valence-electron chi connectivity index (χ2n) is 8.55. The van der Waals surface area contributed by atoms with E-state index < -0.39 is 12.1 Å². The summed E-state index contributed by atoms with van der Waals surface area (Å²) in [5.74, 6) is 0.987. The first-order chi connectivity index (χ1) is 18.1. The minimum Gasteiger partial charge on any atom is -0.493 e. The van der Waals surface area contributed by atoms with Crippen LogP contribution in [0, 0.1) is 0 Å². The highest BCUT2D eigenvalue weighted by Gasteiger charge is 2.23. The van der Waals surface area contributed by atoms with Crippen LogP contribution in [0.1, 0.15) is 16.7 Å². The van der Waals surface area contributed by atoms with Crippen LogP contribution in [-0.4, -0.2) is 43.8 Å². The van der Waals surface area contributed by atoms with Crippen LogP contribution in [0.3, 0.4) is 0 Å². The Morgan fingerprint density at radius 3 is 2.43 bits per heavy atom. The van der Waals surface area contributed by atoms with Crippen LogP contribution < -0.4 is 20.1 Å². The van der Waals surface area contributed by atoms with Gasteiger partial charge in [-0.15, -0.1) is 0 Å². The number of para-hydroxylation sites is 1. The molecule has 8 heteroatoms. The second kappa shape index (κ2) is 12.5.